The molecular formula is C83H174N16O13. The highest BCUT2D eigenvalue weighted by Gasteiger charge is 2.34. The van der Waals surface area contributed by atoms with Crippen molar-refractivity contribution < 1.29 is 62.8 Å². The number of carbonyl (C=O) groups excluding carboxylic acids is 8. The van der Waals surface area contributed by atoms with Gasteiger partial charge in [0.2, 0.25) is 35.4 Å². The second-order valence-corrected chi connectivity index (χ2v) is 39.6. The van der Waals surface area contributed by atoms with E-state index in [2.05, 4.69) is 167 Å². The van der Waals surface area contributed by atoms with E-state index in [0.717, 1.165) is 39.1 Å². The SMILES string of the molecule is CN(CCN(CCCC(N)=O)C(=O)C(C)(C)C)C(C)(C)C.CN(CCN(CCCC[C@H](N)C(=O)O)C(=O)C(C)(C)C)C(C)(C)C.CN(CCN(CCCNC(N)=O)C(=O)C(C)(C)C)C(C)(C)C.CN(CCN(CCNC(N)=O)C(=O)C(C)(C)C)C(C)(C)C.CN(CCN(CCOCCOCCO)C(=O)C(C)(C)C)C(C)(C)C. The monoisotopic (exact) mass is 1600 g/mol. The first kappa shape index (κ1) is 115. The molecule has 664 valence electrons. The smallest absolute Gasteiger partial charge is 0.320 e. The van der Waals surface area contributed by atoms with Crippen LogP contribution in [0.25, 0.3) is 0 Å². The van der Waals surface area contributed by atoms with Gasteiger partial charge in [-0.2, -0.15) is 0 Å². The number of nitrogens with zero attached hydrogens (tertiary/aromatic N) is 10. The number of ether oxygens (including phenoxy) is 2. The summed E-state index contributed by atoms with van der Waals surface area (Å²) in [4.78, 5) is 126. The van der Waals surface area contributed by atoms with Crippen LogP contribution in [0.1, 0.15) is 246 Å². The zero-order chi connectivity index (χ0) is 89.2. The lowest BCUT2D eigenvalue weighted by molar-refractivity contribution is -0.141. The number of primary amides is 3. The van der Waals surface area contributed by atoms with Gasteiger partial charge in [-0.3, -0.25) is 58.1 Å². The maximum Gasteiger partial charge on any atom is 0.320 e. The van der Waals surface area contributed by atoms with Crippen LogP contribution in [-0.2, 0) is 43.0 Å². The van der Waals surface area contributed by atoms with Crippen LogP contribution in [0.5, 0.6) is 0 Å². The molecule has 29 heteroatoms. The van der Waals surface area contributed by atoms with Crippen LogP contribution >= 0.6 is 0 Å². The van der Waals surface area contributed by atoms with Crippen LogP contribution < -0.4 is 33.6 Å². The van der Waals surface area contributed by atoms with E-state index >= 15 is 0 Å². The molecular weight excluding hydrogens is 1430 g/mol. The Kier molecular flexibility index (Phi) is 55.1. The van der Waals surface area contributed by atoms with Crippen LogP contribution in [0.15, 0.2) is 0 Å². The van der Waals surface area contributed by atoms with E-state index in [1.54, 1.807) is 4.90 Å². The summed E-state index contributed by atoms with van der Waals surface area (Å²) < 4.78 is 10.7. The molecule has 0 aromatic rings. The Morgan fingerprint density at radius 2 is 0.571 bits per heavy atom. The normalized spacial score (nSPS) is 12.8. The maximum atomic E-state index is 12.7. The number of rotatable bonds is 40. The van der Waals surface area contributed by atoms with E-state index in [-0.39, 0.29) is 69.7 Å². The number of carboxylic acid groups (broad SMARTS) is 1. The second kappa shape index (κ2) is 53.7. The summed E-state index contributed by atoms with van der Waals surface area (Å²) in [6.45, 7) is 74.0. The Morgan fingerprint density at radius 1 is 0.321 bits per heavy atom. The van der Waals surface area contributed by atoms with Gasteiger partial charge >= 0.3 is 18.0 Å². The van der Waals surface area contributed by atoms with Crippen LogP contribution in [0.3, 0.4) is 0 Å². The lowest BCUT2D eigenvalue weighted by atomic mass is 9.94. The average molecular weight is 1600 g/mol. The molecule has 0 aliphatic heterocycles. The summed E-state index contributed by atoms with van der Waals surface area (Å²) in [6, 6.07) is -1.91. The number of aliphatic hydroxyl groups excluding tert-OH is 1. The average Bonchev–Trinajstić information content (AvgIpc) is 0.878. The fraction of sp³-hybridized carbons (Fsp3) is 0.892. The number of nitrogens with two attached hydrogens (primary N) is 4. The quantitative estimate of drug-likeness (QED) is 0.0266. The molecule has 0 unspecified atom stereocenters. The zero-order valence-corrected chi connectivity index (χ0v) is 78.0. The van der Waals surface area contributed by atoms with Crippen molar-refractivity contribution in [1.29, 1.82) is 0 Å². The Balaban J connectivity index is -0.000000426. The van der Waals surface area contributed by atoms with E-state index in [4.69, 9.17) is 42.6 Å². The van der Waals surface area contributed by atoms with Crippen molar-refractivity contribution in [2.24, 2.45) is 50.0 Å². The van der Waals surface area contributed by atoms with Crippen molar-refractivity contribution >= 4 is 53.5 Å². The Hall–Kier alpha value is -5.53. The van der Waals surface area contributed by atoms with E-state index in [0.29, 0.717) is 137 Å². The van der Waals surface area contributed by atoms with Gasteiger partial charge in [-0.05, 0) is 171 Å². The maximum absolute atomic E-state index is 12.7. The fourth-order valence-electron chi connectivity index (χ4n) is 9.57. The second-order valence-electron chi connectivity index (χ2n) is 39.6. The first-order chi connectivity index (χ1) is 50.3. The molecule has 0 bridgehead atoms. The molecule has 0 fully saturated rings. The molecule has 12 N–H and O–H groups in total. The Morgan fingerprint density at radius 3 is 0.821 bits per heavy atom. The number of nitrogens with one attached hydrogen (secondary N) is 2. The highest BCUT2D eigenvalue weighted by Crippen LogP contribution is 2.24. The molecule has 1 atom stereocenters. The molecule has 112 heavy (non-hydrogen) atoms. The van der Waals surface area contributed by atoms with E-state index in [9.17, 15) is 43.2 Å². The van der Waals surface area contributed by atoms with Gasteiger partial charge in [-0.15, -0.1) is 0 Å². The third kappa shape index (κ3) is 58.3. The van der Waals surface area contributed by atoms with Gasteiger partial charge < -0.3 is 77.8 Å². The molecule has 0 heterocycles. The predicted molar refractivity (Wildman–Crippen MR) is 458 cm³/mol. The molecule has 0 aliphatic rings. The Bertz CT molecular complexity index is 2600. The van der Waals surface area contributed by atoms with Crippen molar-refractivity contribution in [2.75, 3.05) is 180 Å². The molecule has 0 saturated heterocycles. The first-order valence-electron chi connectivity index (χ1n) is 40.5. The van der Waals surface area contributed by atoms with Gasteiger partial charge in [0.05, 0.1) is 33.0 Å². The minimum absolute atomic E-state index is 0.0230. The Labute approximate surface area is 682 Å². The first-order valence-corrected chi connectivity index (χ1v) is 40.5. The predicted octanol–water partition coefficient (Wildman–Crippen LogP) is 8.56. The van der Waals surface area contributed by atoms with Crippen molar-refractivity contribution in [3.05, 3.63) is 0 Å². The van der Waals surface area contributed by atoms with E-state index < -0.39 is 51.1 Å². The van der Waals surface area contributed by atoms with Crippen molar-refractivity contribution in [3.8, 4) is 0 Å². The van der Waals surface area contributed by atoms with E-state index in [1.807, 2.05) is 131 Å². The van der Waals surface area contributed by atoms with Crippen molar-refractivity contribution in [2.45, 2.75) is 280 Å². The number of aliphatic carboxylic acids is 1. The van der Waals surface area contributed by atoms with Gasteiger partial charge in [-0.1, -0.05) is 104 Å². The molecule has 0 saturated carbocycles. The molecule has 0 rings (SSSR count). The van der Waals surface area contributed by atoms with Crippen LogP contribution in [-0.4, -0.2) is 326 Å². The standard InChI is InChI=1S/C18H37N3O3.C18H38N2O4.C16H34N4O2.C16H33N3O2.C15H32N4O2/c1-17(2,3)16(24)21(13-12-20(7)18(4,5)6)11-9-8-10-14(19)15(22)23;1-17(2,3)16(22)20(9-8-19(7)18(4,5)6)10-12-23-14-15-24-13-11-21;1-15(2,3)13(21)20(10-8-9-18-14(17)22)12-11-19(7)16(4,5)6;1-15(2,3)14(21)19(10-8-9-13(17)20)12-11-18(7)16(4,5)6;1-14(2,3)12(20)19(9-8-17-13(16)21)11-10-18(7)15(4,5)6/h14H,8-13,19H2,1-7H3,(H,22,23);21H,8-15H2,1-7H3;8-12H2,1-7H3,(H3,17,18,22);8-12H2,1-7H3,(H2,17,20);8-11H2,1-7H3,(H3,16,17,21)/t14-;;;;/m0..../s1. The minimum atomic E-state index is -0.968. The summed E-state index contributed by atoms with van der Waals surface area (Å²) in [5.74, 6) is -0.675. The minimum Gasteiger partial charge on any atom is -0.480 e. The molecule has 10 amide bonds. The fourth-order valence-corrected chi connectivity index (χ4v) is 9.57. The number of unbranched alkanes of at least 4 members (excludes halogenated alkanes) is 1. The summed E-state index contributed by atoms with van der Waals surface area (Å²) >= 11 is 0. The van der Waals surface area contributed by atoms with Crippen molar-refractivity contribution in [3.63, 3.8) is 0 Å². The number of carbonyl (C=O) groups is 9. The van der Waals surface area contributed by atoms with Gasteiger partial charge in [-0.25, -0.2) is 9.59 Å². The van der Waals surface area contributed by atoms with E-state index in [1.165, 1.54) is 0 Å². The van der Waals surface area contributed by atoms with Crippen LogP contribution in [0, 0.1) is 27.1 Å². The number of aliphatic hydroxyl groups is 1. The summed E-state index contributed by atoms with van der Waals surface area (Å²) in [5.41, 5.74) is 19.1. The van der Waals surface area contributed by atoms with Gasteiger partial charge in [0, 0.05) is 172 Å². The van der Waals surface area contributed by atoms with Crippen molar-refractivity contribution in [1.82, 2.24) is 59.6 Å². The number of carboxylic acids is 1. The number of likely N-dealkylation sites (N-methyl/N-ethyl adjacent to an activating group) is 5. The van der Waals surface area contributed by atoms with Crippen LogP contribution in [0.4, 0.5) is 9.59 Å². The molecule has 0 aromatic carbocycles. The third-order valence-electron chi connectivity index (χ3n) is 19.0. The summed E-state index contributed by atoms with van der Waals surface area (Å²) in [7, 11) is 10.3. The van der Waals surface area contributed by atoms with Crippen LogP contribution in [0.2, 0.25) is 0 Å². The van der Waals surface area contributed by atoms with Gasteiger partial charge in [0.15, 0.2) is 0 Å². The van der Waals surface area contributed by atoms with Gasteiger partial charge in [0.25, 0.3) is 0 Å². The number of hydrogen-bond donors (Lipinski definition) is 8. The molecule has 0 aromatic heterocycles. The number of urea groups is 2. The largest absolute Gasteiger partial charge is 0.480 e. The third-order valence-corrected chi connectivity index (χ3v) is 19.0. The lowest BCUT2D eigenvalue weighted by Crippen LogP contribution is -2.49. The summed E-state index contributed by atoms with van der Waals surface area (Å²) in [6.07, 6.45) is 3.55. The van der Waals surface area contributed by atoms with Gasteiger partial charge in [0.1, 0.15) is 6.04 Å². The number of hydrogen-bond acceptors (Lipinski definition) is 18. The number of amides is 10. The molecule has 29 nitrogen and oxygen atoms in total. The zero-order valence-electron chi connectivity index (χ0n) is 78.0. The highest BCUT2D eigenvalue weighted by molar-refractivity contribution is 5.84. The molecule has 0 radical (unpaired) electrons. The topological polar surface area (TPSA) is 373 Å². The molecule has 0 spiro atoms. The lowest BCUT2D eigenvalue weighted by Gasteiger charge is -2.35. The summed E-state index contributed by atoms with van der Waals surface area (Å²) in [5, 5.41) is 22.5. The highest BCUT2D eigenvalue weighted by atomic mass is 16.5. The molecule has 0 aliphatic carbocycles.